The van der Waals surface area contributed by atoms with Crippen LogP contribution in [-0.4, -0.2) is 22.2 Å². The summed E-state index contributed by atoms with van der Waals surface area (Å²) in [6.07, 6.45) is 2.40. The molecule has 1 atom stereocenters. The molecule has 1 fully saturated rings. The highest BCUT2D eigenvalue weighted by Gasteiger charge is 2.22. The van der Waals surface area contributed by atoms with Crippen molar-refractivity contribution in [3.8, 4) is 11.3 Å². The summed E-state index contributed by atoms with van der Waals surface area (Å²) in [4.78, 5) is 11.2. The second kappa shape index (κ2) is 4.29. The van der Waals surface area contributed by atoms with Crippen LogP contribution in [0.4, 0.5) is 0 Å². The van der Waals surface area contributed by atoms with Crippen LogP contribution in [0.5, 0.6) is 0 Å². The highest BCUT2D eigenvalue weighted by Crippen LogP contribution is 2.26. The Hall–Kier alpha value is -2.10. The average Bonchev–Trinajstić information content (AvgIpc) is 2.98. The molecular weight excluding hydrogens is 226 g/mol. The molecule has 92 valence electrons. The molecule has 1 saturated heterocycles. The first-order valence-corrected chi connectivity index (χ1v) is 6.09. The molecule has 1 aromatic carbocycles. The van der Waals surface area contributed by atoms with Gasteiger partial charge in [0.15, 0.2) is 0 Å². The van der Waals surface area contributed by atoms with E-state index in [9.17, 15) is 4.79 Å². The van der Waals surface area contributed by atoms with Gasteiger partial charge in [0.25, 0.3) is 0 Å². The summed E-state index contributed by atoms with van der Waals surface area (Å²) in [6, 6.07) is 10.4. The summed E-state index contributed by atoms with van der Waals surface area (Å²) in [5, 5.41) is 7.03. The van der Waals surface area contributed by atoms with Crippen LogP contribution in [0, 0.1) is 0 Å². The number of hydrogen-bond donors (Lipinski definition) is 1. The van der Waals surface area contributed by atoms with Crippen molar-refractivity contribution >= 4 is 5.91 Å². The van der Waals surface area contributed by atoms with E-state index in [1.807, 2.05) is 17.8 Å². The summed E-state index contributed by atoms with van der Waals surface area (Å²) in [6.45, 7) is 0.754. The molecule has 0 aliphatic carbocycles. The molecule has 3 rings (SSSR count). The molecule has 18 heavy (non-hydrogen) atoms. The minimum atomic E-state index is 0.149. The number of aromatic nitrogens is 2. The Kier molecular flexibility index (Phi) is 2.63. The zero-order valence-electron chi connectivity index (χ0n) is 10.3. The third-order valence-electron chi connectivity index (χ3n) is 3.48. The first-order valence-electron chi connectivity index (χ1n) is 6.09. The number of hydrogen-bond acceptors (Lipinski definition) is 2. The lowest BCUT2D eigenvalue weighted by Gasteiger charge is -2.09. The summed E-state index contributed by atoms with van der Waals surface area (Å²) in [5.74, 6) is 0.466. The molecule has 4 heteroatoms. The van der Waals surface area contributed by atoms with Crippen molar-refractivity contribution in [1.82, 2.24) is 15.1 Å². The van der Waals surface area contributed by atoms with Crippen molar-refractivity contribution in [2.24, 2.45) is 7.05 Å². The van der Waals surface area contributed by atoms with Crippen LogP contribution in [0.1, 0.15) is 17.9 Å². The van der Waals surface area contributed by atoms with E-state index in [1.165, 1.54) is 5.56 Å². The number of nitrogens with zero attached hydrogens (tertiary/aromatic N) is 2. The third kappa shape index (κ3) is 1.90. The van der Waals surface area contributed by atoms with E-state index in [2.05, 4.69) is 34.7 Å². The van der Waals surface area contributed by atoms with E-state index in [-0.39, 0.29) is 5.91 Å². The summed E-state index contributed by atoms with van der Waals surface area (Å²) in [7, 11) is 1.93. The Morgan fingerprint density at radius 2 is 2.06 bits per heavy atom. The van der Waals surface area contributed by atoms with Gasteiger partial charge in [0.1, 0.15) is 0 Å². The zero-order chi connectivity index (χ0) is 12.5. The van der Waals surface area contributed by atoms with Crippen molar-refractivity contribution in [3.05, 3.63) is 42.1 Å². The van der Waals surface area contributed by atoms with Crippen molar-refractivity contribution in [2.45, 2.75) is 12.3 Å². The number of benzene rings is 1. The summed E-state index contributed by atoms with van der Waals surface area (Å²) >= 11 is 0. The molecule has 2 heterocycles. The number of carbonyl (C=O) groups excluding carboxylic acids is 1. The predicted octanol–water partition coefficient (Wildman–Crippen LogP) is 1.69. The van der Waals surface area contributed by atoms with Gasteiger partial charge in [0.05, 0.1) is 5.69 Å². The van der Waals surface area contributed by atoms with Crippen molar-refractivity contribution in [2.75, 3.05) is 6.54 Å². The standard InChI is InChI=1S/C14H15N3O/c1-17-13(6-7-16-17)11-4-2-10(3-5-11)12-8-14(18)15-9-12/h2-7,12H,8-9H2,1H3,(H,15,18). The molecule has 1 aliphatic rings. The maximum atomic E-state index is 11.2. The monoisotopic (exact) mass is 241 g/mol. The molecule has 0 radical (unpaired) electrons. The van der Waals surface area contributed by atoms with Crippen LogP contribution in [0.25, 0.3) is 11.3 Å². The fourth-order valence-corrected chi connectivity index (χ4v) is 2.42. The summed E-state index contributed by atoms with van der Waals surface area (Å²) < 4.78 is 1.86. The smallest absolute Gasteiger partial charge is 0.220 e. The normalized spacial score (nSPS) is 18.9. The molecule has 1 aliphatic heterocycles. The van der Waals surface area contributed by atoms with Crippen LogP contribution < -0.4 is 5.32 Å². The van der Waals surface area contributed by atoms with Crippen LogP contribution in [0.2, 0.25) is 0 Å². The van der Waals surface area contributed by atoms with Gasteiger partial charge in [-0.15, -0.1) is 0 Å². The lowest BCUT2D eigenvalue weighted by molar-refractivity contribution is -0.119. The van der Waals surface area contributed by atoms with Gasteiger partial charge in [0, 0.05) is 32.1 Å². The van der Waals surface area contributed by atoms with Crippen LogP contribution in [0.3, 0.4) is 0 Å². The van der Waals surface area contributed by atoms with Crippen molar-refractivity contribution in [1.29, 1.82) is 0 Å². The van der Waals surface area contributed by atoms with Gasteiger partial charge in [-0.3, -0.25) is 9.48 Å². The number of amides is 1. The van der Waals surface area contributed by atoms with Crippen LogP contribution in [0.15, 0.2) is 36.5 Å². The van der Waals surface area contributed by atoms with Gasteiger partial charge in [-0.2, -0.15) is 5.10 Å². The Morgan fingerprint density at radius 3 is 2.61 bits per heavy atom. The molecule has 1 aromatic heterocycles. The molecular formula is C14H15N3O. The molecule has 1 unspecified atom stereocenters. The number of aryl methyl sites for hydroxylation is 1. The molecule has 0 saturated carbocycles. The Labute approximate surface area is 106 Å². The van der Waals surface area contributed by atoms with Crippen molar-refractivity contribution in [3.63, 3.8) is 0 Å². The molecule has 2 aromatic rings. The first-order chi connectivity index (χ1) is 8.74. The van der Waals surface area contributed by atoms with E-state index in [0.29, 0.717) is 12.3 Å². The van der Waals surface area contributed by atoms with Crippen molar-refractivity contribution < 1.29 is 4.79 Å². The SMILES string of the molecule is Cn1nccc1-c1ccc(C2CNC(=O)C2)cc1. The van der Waals surface area contributed by atoms with E-state index in [1.54, 1.807) is 6.20 Å². The van der Waals surface area contributed by atoms with E-state index >= 15 is 0 Å². The number of nitrogens with one attached hydrogen (secondary N) is 1. The lowest BCUT2D eigenvalue weighted by atomic mass is 9.97. The van der Waals surface area contributed by atoms with E-state index < -0.39 is 0 Å². The van der Waals surface area contributed by atoms with Gasteiger partial charge in [-0.05, 0) is 17.2 Å². The number of carbonyl (C=O) groups is 1. The summed E-state index contributed by atoms with van der Waals surface area (Å²) in [5.41, 5.74) is 3.47. The lowest BCUT2D eigenvalue weighted by Crippen LogP contribution is -2.13. The Bertz CT molecular complexity index is 571. The second-order valence-corrected chi connectivity index (χ2v) is 4.67. The zero-order valence-corrected chi connectivity index (χ0v) is 10.3. The molecule has 1 N–H and O–H groups in total. The minimum absolute atomic E-state index is 0.149. The molecule has 0 spiro atoms. The van der Waals surface area contributed by atoms with Crippen LogP contribution >= 0.6 is 0 Å². The molecule has 4 nitrogen and oxygen atoms in total. The third-order valence-corrected chi connectivity index (χ3v) is 3.48. The second-order valence-electron chi connectivity index (χ2n) is 4.67. The van der Waals surface area contributed by atoms with Gasteiger partial charge < -0.3 is 5.32 Å². The van der Waals surface area contributed by atoms with Gasteiger partial charge in [-0.25, -0.2) is 0 Å². The maximum absolute atomic E-state index is 11.2. The number of rotatable bonds is 2. The van der Waals surface area contributed by atoms with E-state index in [4.69, 9.17) is 0 Å². The average molecular weight is 241 g/mol. The van der Waals surface area contributed by atoms with Gasteiger partial charge in [0.2, 0.25) is 5.91 Å². The Balaban J connectivity index is 1.85. The predicted molar refractivity (Wildman–Crippen MR) is 69.0 cm³/mol. The molecule has 0 bridgehead atoms. The fraction of sp³-hybridized carbons (Fsp3) is 0.286. The molecule has 1 amide bonds. The maximum Gasteiger partial charge on any atom is 0.220 e. The fourth-order valence-electron chi connectivity index (χ4n) is 2.42. The minimum Gasteiger partial charge on any atom is -0.355 e. The first kappa shape index (κ1) is 11.0. The quantitative estimate of drug-likeness (QED) is 0.869. The largest absolute Gasteiger partial charge is 0.355 e. The van der Waals surface area contributed by atoms with E-state index in [0.717, 1.165) is 17.8 Å². The van der Waals surface area contributed by atoms with Gasteiger partial charge >= 0.3 is 0 Å². The van der Waals surface area contributed by atoms with Gasteiger partial charge in [-0.1, -0.05) is 24.3 Å². The van der Waals surface area contributed by atoms with Crippen LogP contribution in [-0.2, 0) is 11.8 Å². The Morgan fingerprint density at radius 1 is 1.28 bits per heavy atom. The highest BCUT2D eigenvalue weighted by atomic mass is 16.1. The topological polar surface area (TPSA) is 46.9 Å². The highest BCUT2D eigenvalue weighted by molar-refractivity contribution is 5.79.